The topological polar surface area (TPSA) is 63.4 Å². The van der Waals surface area contributed by atoms with E-state index in [1.807, 2.05) is 6.07 Å². The minimum atomic E-state index is -3.30. The molecule has 3 rings (SSSR count). The maximum atomic E-state index is 12.7. The molecule has 0 bridgehead atoms. The van der Waals surface area contributed by atoms with Gasteiger partial charge in [0.25, 0.3) is 10.0 Å². The van der Waals surface area contributed by atoms with Crippen molar-refractivity contribution in [3.05, 3.63) is 17.0 Å². The Bertz CT molecular complexity index is 553. The minimum Gasteiger partial charge on any atom is -0.326 e. The molecule has 2 atom stereocenters. The number of hydrogen-bond acceptors (Lipinski definition) is 4. The molecule has 0 radical (unpaired) electrons. The van der Waals surface area contributed by atoms with Crippen LogP contribution in [0.25, 0.3) is 0 Å². The minimum absolute atomic E-state index is 0.238. The second-order valence-corrected chi connectivity index (χ2v) is 8.73. The molecule has 19 heavy (non-hydrogen) atoms. The smallest absolute Gasteiger partial charge is 0.252 e. The van der Waals surface area contributed by atoms with E-state index in [4.69, 9.17) is 5.73 Å². The molecule has 2 fully saturated rings. The van der Waals surface area contributed by atoms with Crippen LogP contribution < -0.4 is 5.73 Å². The molecule has 0 amide bonds. The lowest BCUT2D eigenvalue weighted by Gasteiger charge is -2.30. The zero-order valence-corrected chi connectivity index (χ0v) is 12.5. The fourth-order valence-electron chi connectivity index (χ4n) is 3.38. The predicted molar refractivity (Wildman–Crippen MR) is 76.5 cm³/mol. The van der Waals surface area contributed by atoms with Crippen molar-refractivity contribution in [2.45, 2.75) is 48.9 Å². The van der Waals surface area contributed by atoms with Gasteiger partial charge in [0.1, 0.15) is 4.21 Å². The van der Waals surface area contributed by atoms with Gasteiger partial charge in [-0.1, -0.05) is 12.8 Å². The number of thiophene rings is 1. The molecule has 6 heteroatoms. The summed E-state index contributed by atoms with van der Waals surface area (Å²) in [5, 5.41) is 0. The van der Waals surface area contributed by atoms with E-state index in [0.29, 0.717) is 23.2 Å². The van der Waals surface area contributed by atoms with E-state index in [0.717, 1.165) is 24.1 Å². The summed E-state index contributed by atoms with van der Waals surface area (Å²) in [6.45, 7) is 1.10. The van der Waals surface area contributed by atoms with Gasteiger partial charge in [-0.25, -0.2) is 8.42 Å². The highest BCUT2D eigenvalue weighted by molar-refractivity contribution is 7.91. The average molecular weight is 300 g/mol. The number of hydrogen-bond donors (Lipinski definition) is 1. The van der Waals surface area contributed by atoms with Crippen LogP contribution in [0.15, 0.2) is 16.3 Å². The number of nitrogens with zero attached hydrogens (tertiary/aromatic N) is 1. The van der Waals surface area contributed by atoms with E-state index in [1.165, 1.54) is 24.2 Å². The summed E-state index contributed by atoms with van der Waals surface area (Å²) in [6.07, 6.45) is 5.66. The van der Waals surface area contributed by atoms with Crippen molar-refractivity contribution in [2.75, 3.05) is 6.54 Å². The fraction of sp³-hybridized carbons (Fsp3) is 0.692. The van der Waals surface area contributed by atoms with Crippen molar-refractivity contribution in [3.63, 3.8) is 0 Å². The van der Waals surface area contributed by atoms with Crippen LogP contribution in [-0.2, 0) is 16.6 Å². The van der Waals surface area contributed by atoms with E-state index in [9.17, 15) is 8.42 Å². The molecule has 2 N–H and O–H groups in total. The third-order valence-electron chi connectivity index (χ3n) is 4.36. The van der Waals surface area contributed by atoms with Gasteiger partial charge in [0.2, 0.25) is 0 Å². The van der Waals surface area contributed by atoms with Gasteiger partial charge in [0.15, 0.2) is 0 Å². The van der Waals surface area contributed by atoms with Crippen molar-refractivity contribution in [3.8, 4) is 0 Å². The molecular weight excluding hydrogens is 280 g/mol. The van der Waals surface area contributed by atoms with Gasteiger partial charge in [-0.05, 0) is 37.3 Å². The second-order valence-electron chi connectivity index (χ2n) is 5.44. The van der Waals surface area contributed by atoms with Crippen LogP contribution in [0.4, 0.5) is 0 Å². The zero-order chi connectivity index (χ0) is 13.5. The maximum Gasteiger partial charge on any atom is 0.252 e. The number of nitrogens with two attached hydrogens (primary N) is 1. The van der Waals surface area contributed by atoms with Crippen LogP contribution in [-0.4, -0.2) is 25.3 Å². The van der Waals surface area contributed by atoms with E-state index in [-0.39, 0.29) is 6.04 Å². The van der Waals surface area contributed by atoms with Crippen LogP contribution in [0.5, 0.6) is 0 Å². The highest BCUT2D eigenvalue weighted by Gasteiger charge is 2.42. The molecule has 1 aliphatic heterocycles. The highest BCUT2D eigenvalue weighted by atomic mass is 32.2. The molecule has 0 spiro atoms. The van der Waals surface area contributed by atoms with E-state index < -0.39 is 10.0 Å². The normalized spacial score (nSPS) is 28.5. The largest absolute Gasteiger partial charge is 0.326 e. The highest BCUT2D eigenvalue weighted by Crippen LogP contribution is 2.40. The van der Waals surface area contributed by atoms with Crippen molar-refractivity contribution in [1.29, 1.82) is 0 Å². The van der Waals surface area contributed by atoms with Crippen molar-refractivity contribution in [2.24, 2.45) is 11.7 Å². The first-order valence-corrected chi connectivity index (χ1v) is 9.19. The standard InChI is InChI=1S/C13H20N2O2S2/c14-9-11-5-6-13(18-11)19(16,17)15-8-7-10-3-1-2-4-12(10)15/h5-6,10,12H,1-4,7-9,14H2. The van der Waals surface area contributed by atoms with Gasteiger partial charge in [0, 0.05) is 24.0 Å². The average Bonchev–Trinajstić information content (AvgIpc) is 3.06. The van der Waals surface area contributed by atoms with Crippen molar-refractivity contribution < 1.29 is 8.42 Å². The summed E-state index contributed by atoms with van der Waals surface area (Å²) >= 11 is 1.31. The van der Waals surface area contributed by atoms with Crippen molar-refractivity contribution >= 4 is 21.4 Å². The molecule has 1 saturated heterocycles. The molecule has 2 aliphatic rings. The molecule has 2 heterocycles. The van der Waals surface area contributed by atoms with Crippen molar-refractivity contribution in [1.82, 2.24) is 4.31 Å². The second kappa shape index (κ2) is 5.16. The Morgan fingerprint density at radius 3 is 2.79 bits per heavy atom. The molecular formula is C13H20N2O2S2. The first kappa shape index (κ1) is 13.5. The van der Waals surface area contributed by atoms with Gasteiger partial charge in [-0.3, -0.25) is 0 Å². The summed E-state index contributed by atoms with van der Waals surface area (Å²) in [5.74, 6) is 0.581. The third kappa shape index (κ3) is 2.35. The maximum absolute atomic E-state index is 12.7. The van der Waals surface area contributed by atoms with E-state index in [2.05, 4.69) is 0 Å². The Balaban J connectivity index is 1.88. The first-order valence-electron chi connectivity index (χ1n) is 6.93. The zero-order valence-electron chi connectivity index (χ0n) is 10.9. The van der Waals surface area contributed by atoms with Gasteiger partial charge in [-0.15, -0.1) is 11.3 Å². The summed E-state index contributed by atoms with van der Waals surface area (Å²) in [6, 6.07) is 3.77. The molecule has 0 aromatic carbocycles. The summed E-state index contributed by atoms with van der Waals surface area (Å²) in [4.78, 5) is 0.929. The monoisotopic (exact) mass is 300 g/mol. The van der Waals surface area contributed by atoms with Gasteiger partial charge < -0.3 is 5.73 Å². The van der Waals surface area contributed by atoms with Crippen LogP contribution in [0, 0.1) is 5.92 Å². The SMILES string of the molecule is NCc1ccc(S(=O)(=O)N2CCC3CCCCC32)s1. The Hall–Kier alpha value is -0.430. The quantitative estimate of drug-likeness (QED) is 0.930. The Kier molecular flexibility index (Phi) is 3.68. The molecule has 1 saturated carbocycles. The van der Waals surface area contributed by atoms with Crippen LogP contribution in [0.3, 0.4) is 0 Å². The first-order chi connectivity index (χ1) is 9.13. The lowest BCUT2D eigenvalue weighted by atomic mass is 9.86. The molecule has 106 valence electrons. The van der Waals surface area contributed by atoms with Crippen LogP contribution in [0.1, 0.15) is 37.0 Å². The Morgan fingerprint density at radius 1 is 1.26 bits per heavy atom. The third-order valence-corrected chi connectivity index (χ3v) is 7.86. The molecule has 2 unspecified atom stereocenters. The lowest BCUT2D eigenvalue weighted by Crippen LogP contribution is -2.38. The van der Waals surface area contributed by atoms with E-state index >= 15 is 0 Å². The van der Waals surface area contributed by atoms with Gasteiger partial charge in [0.05, 0.1) is 0 Å². The number of rotatable bonds is 3. The summed E-state index contributed by atoms with van der Waals surface area (Å²) < 4.78 is 27.6. The number of fused-ring (bicyclic) bond motifs is 1. The Labute approximate surface area is 118 Å². The van der Waals surface area contributed by atoms with Crippen LogP contribution >= 0.6 is 11.3 Å². The van der Waals surface area contributed by atoms with E-state index in [1.54, 1.807) is 10.4 Å². The summed E-state index contributed by atoms with van der Waals surface area (Å²) in [7, 11) is -3.30. The Morgan fingerprint density at radius 2 is 2.05 bits per heavy atom. The van der Waals surface area contributed by atoms with Crippen LogP contribution in [0.2, 0.25) is 0 Å². The molecule has 1 aromatic heterocycles. The lowest BCUT2D eigenvalue weighted by molar-refractivity contribution is 0.260. The van der Waals surface area contributed by atoms with Gasteiger partial charge >= 0.3 is 0 Å². The number of sulfonamides is 1. The molecule has 4 nitrogen and oxygen atoms in total. The molecule has 1 aromatic rings. The predicted octanol–water partition coefficient (Wildman–Crippen LogP) is 2.16. The molecule has 1 aliphatic carbocycles. The fourth-order valence-corrected chi connectivity index (χ4v) is 6.48. The van der Waals surface area contributed by atoms with Gasteiger partial charge in [-0.2, -0.15) is 4.31 Å². The summed E-state index contributed by atoms with van der Waals surface area (Å²) in [5.41, 5.74) is 5.57.